The number of guanidine groups is 1. The van der Waals surface area contributed by atoms with Gasteiger partial charge in [0.1, 0.15) is 11.6 Å². The van der Waals surface area contributed by atoms with Gasteiger partial charge in [0.05, 0.1) is 53.5 Å². The topological polar surface area (TPSA) is 175 Å². The minimum atomic E-state index is -1.07. The number of carbonyl (C=O) groups excluding carboxylic acids is 4. The number of aliphatic imine (C=N–C) groups is 1. The zero-order chi connectivity index (χ0) is 43.1. The summed E-state index contributed by atoms with van der Waals surface area (Å²) < 4.78 is 38.1. The third-order valence-corrected chi connectivity index (χ3v) is 12.1. The van der Waals surface area contributed by atoms with Crippen LogP contribution in [0.15, 0.2) is 53.7 Å². The number of aromatic nitrogens is 3. The van der Waals surface area contributed by atoms with Crippen LogP contribution in [-0.4, -0.2) is 111 Å². The molecule has 3 N–H and O–H groups in total. The SMILES string of the molecule is Cc1cc2cc(n1)-c1cnn(C)c1OCCC[C@@H](C)CN1/C(=N/C2=O)Nc2ccc(C(=O)N(C)[C@@H]3CCN(CCc4cc(F)c([C@H]5CCC(=O)NC5=O)c(F)c4)C[C@H]3O)cc21. The van der Waals surface area contributed by atoms with Crippen molar-refractivity contribution in [3.8, 4) is 17.1 Å². The molecule has 2 fully saturated rings. The Labute approximate surface area is 351 Å². The maximum Gasteiger partial charge on any atom is 0.280 e. The lowest BCUT2D eigenvalue weighted by molar-refractivity contribution is -0.134. The minimum absolute atomic E-state index is 0.0128. The number of benzene rings is 2. The highest BCUT2D eigenvalue weighted by atomic mass is 19.1. The largest absolute Gasteiger partial charge is 0.477 e. The van der Waals surface area contributed by atoms with Gasteiger partial charge in [-0.2, -0.15) is 10.1 Å². The number of piperidine rings is 2. The average molecular weight is 838 g/mol. The summed E-state index contributed by atoms with van der Waals surface area (Å²) >= 11 is 0. The van der Waals surface area contributed by atoms with Crippen molar-refractivity contribution in [3.63, 3.8) is 0 Å². The number of ether oxygens (including phenoxy) is 1. The third kappa shape index (κ3) is 8.61. The number of hydrogen-bond donors (Lipinski definition) is 3. The molecule has 17 heteroatoms. The summed E-state index contributed by atoms with van der Waals surface area (Å²) in [6, 6.07) is 10.7. The summed E-state index contributed by atoms with van der Waals surface area (Å²) in [7, 11) is 3.48. The van der Waals surface area contributed by atoms with E-state index in [1.165, 1.54) is 12.1 Å². The molecule has 4 atom stereocenters. The molecule has 8 rings (SSSR count). The zero-order valence-electron chi connectivity index (χ0n) is 34.6. The van der Waals surface area contributed by atoms with Gasteiger partial charge in [0.25, 0.3) is 11.8 Å². The molecule has 4 aliphatic rings. The van der Waals surface area contributed by atoms with Crippen molar-refractivity contribution in [1.29, 1.82) is 0 Å². The first-order valence-corrected chi connectivity index (χ1v) is 20.7. The van der Waals surface area contributed by atoms with Crippen LogP contribution in [0.5, 0.6) is 5.88 Å². The van der Waals surface area contributed by atoms with Crippen molar-refractivity contribution in [2.75, 3.05) is 50.1 Å². The molecular formula is C44H49F2N9O6. The van der Waals surface area contributed by atoms with Crippen LogP contribution in [0.4, 0.5) is 20.2 Å². The number of pyridine rings is 1. The Morgan fingerprint density at radius 3 is 2.57 bits per heavy atom. The first-order valence-electron chi connectivity index (χ1n) is 20.7. The lowest BCUT2D eigenvalue weighted by Gasteiger charge is -2.40. The third-order valence-electron chi connectivity index (χ3n) is 12.1. The second-order valence-corrected chi connectivity index (χ2v) is 16.5. The van der Waals surface area contributed by atoms with E-state index in [0.29, 0.717) is 95.9 Å². The van der Waals surface area contributed by atoms with Gasteiger partial charge in [-0.15, -0.1) is 0 Å². The molecule has 2 aromatic heterocycles. The van der Waals surface area contributed by atoms with E-state index in [4.69, 9.17) is 4.74 Å². The number of halogens is 2. The summed E-state index contributed by atoms with van der Waals surface area (Å²) in [5, 5.41) is 21.1. The Bertz CT molecular complexity index is 2410. The van der Waals surface area contributed by atoms with Gasteiger partial charge >= 0.3 is 0 Å². The number of aliphatic hydroxyl groups excluding tert-OH is 1. The summed E-state index contributed by atoms with van der Waals surface area (Å²) in [4.78, 5) is 66.4. The zero-order valence-corrected chi connectivity index (χ0v) is 34.6. The van der Waals surface area contributed by atoms with Gasteiger partial charge in [-0.1, -0.05) is 6.92 Å². The number of aryl methyl sites for hydroxylation is 2. The highest BCUT2D eigenvalue weighted by Crippen LogP contribution is 2.36. The van der Waals surface area contributed by atoms with Gasteiger partial charge in [0.15, 0.2) is 0 Å². The molecule has 2 bridgehead atoms. The van der Waals surface area contributed by atoms with Crippen molar-refractivity contribution < 1.29 is 37.8 Å². The van der Waals surface area contributed by atoms with E-state index < -0.39 is 47.4 Å². The number of aliphatic hydroxyl groups is 1. The van der Waals surface area contributed by atoms with Crippen LogP contribution < -0.4 is 20.3 Å². The highest BCUT2D eigenvalue weighted by molar-refractivity contribution is 6.19. The van der Waals surface area contributed by atoms with Gasteiger partial charge in [0.2, 0.25) is 23.7 Å². The van der Waals surface area contributed by atoms with E-state index in [9.17, 15) is 24.3 Å². The van der Waals surface area contributed by atoms with Crippen LogP contribution in [0.3, 0.4) is 0 Å². The van der Waals surface area contributed by atoms with Gasteiger partial charge < -0.3 is 29.9 Å². The molecule has 320 valence electrons. The lowest BCUT2D eigenvalue weighted by atomic mass is 9.89. The molecule has 2 saturated heterocycles. The minimum Gasteiger partial charge on any atom is -0.477 e. The quantitative estimate of drug-likeness (QED) is 0.232. The number of anilines is 2. The molecule has 4 aliphatic heterocycles. The highest BCUT2D eigenvalue weighted by Gasteiger charge is 2.36. The number of imide groups is 1. The Morgan fingerprint density at radius 1 is 1.03 bits per heavy atom. The number of carbonyl (C=O) groups is 4. The van der Waals surface area contributed by atoms with E-state index in [1.807, 2.05) is 16.7 Å². The lowest BCUT2D eigenvalue weighted by Crippen LogP contribution is -2.54. The number of fused-ring (bicyclic) bond motifs is 7. The van der Waals surface area contributed by atoms with Gasteiger partial charge in [-0.05, 0) is 93.0 Å². The average Bonchev–Trinajstić information content (AvgIpc) is 3.76. The van der Waals surface area contributed by atoms with Gasteiger partial charge in [0, 0.05) is 69.1 Å². The predicted octanol–water partition coefficient (Wildman–Crippen LogP) is 4.58. The molecule has 61 heavy (non-hydrogen) atoms. The van der Waals surface area contributed by atoms with Crippen LogP contribution in [-0.2, 0) is 23.1 Å². The first-order chi connectivity index (χ1) is 29.2. The maximum atomic E-state index is 15.1. The monoisotopic (exact) mass is 837 g/mol. The van der Waals surface area contributed by atoms with Crippen molar-refractivity contribution in [2.45, 2.75) is 70.4 Å². The predicted molar refractivity (Wildman–Crippen MR) is 222 cm³/mol. The normalized spacial score (nSPS) is 23.0. The molecule has 2 aromatic carbocycles. The van der Waals surface area contributed by atoms with Crippen LogP contribution in [0, 0.1) is 24.5 Å². The molecule has 4 amide bonds. The fourth-order valence-electron chi connectivity index (χ4n) is 8.80. The standard InChI is InChI=1S/C44H49F2N9O6/c1-24-6-5-15-61-43-30(21-47-53(43)4)34-19-28(16-25(2)48-34)40(58)51-44-49-33-9-7-27(20-36(33)55(44)22-24)42(60)52(3)35-12-14-54(23-37(35)56)13-11-26-17-31(45)39(32(46)18-26)29-8-10-38(57)50-41(29)59/h7,9,16-21,24,29,35,37,56H,5-6,8,10-15,22-23H2,1-4H3,(H,49,51,58)(H,50,57,59)/t24-,29-,35-,37-/m1/s1. The van der Waals surface area contributed by atoms with Crippen LogP contribution in [0.1, 0.15) is 82.5 Å². The number of β-amino-alcohol motifs (C(OH)–C–C–N with tert-alkyl or cyclic N) is 1. The molecule has 0 spiro atoms. The van der Waals surface area contributed by atoms with E-state index >= 15 is 8.78 Å². The molecule has 4 aromatic rings. The van der Waals surface area contributed by atoms with Crippen LogP contribution in [0.25, 0.3) is 11.3 Å². The molecule has 0 saturated carbocycles. The van der Waals surface area contributed by atoms with E-state index in [1.54, 1.807) is 60.2 Å². The van der Waals surface area contributed by atoms with Gasteiger partial charge in [-0.25, -0.2) is 13.5 Å². The Kier molecular flexibility index (Phi) is 11.7. The molecular weight excluding hydrogens is 789 g/mol. The second-order valence-electron chi connectivity index (χ2n) is 16.5. The number of likely N-dealkylation sites (tertiary alicyclic amines) is 1. The number of nitrogens with zero attached hydrogens (tertiary/aromatic N) is 7. The Morgan fingerprint density at radius 2 is 1.82 bits per heavy atom. The molecule has 15 nitrogen and oxygen atoms in total. The molecule has 0 aliphatic carbocycles. The van der Waals surface area contributed by atoms with E-state index in [-0.39, 0.29) is 36.8 Å². The van der Waals surface area contributed by atoms with Crippen molar-refractivity contribution >= 4 is 41.0 Å². The fourth-order valence-corrected chi connectivity index (χ4v) is 8.80. The van der Waals surface area contributed by atoms with Crippen molar-refractivity contribution in [2.24, 2.45) is 18.0 Å². The number of hydrogen-bond acceptors (Lipinski definition) is 11. The van der Waals surface area contributed by atoms with E-state index in [0.717, 1.165) is 12.8 Å². The number of nitrogens with one attached hydrogen (secondary N) is 2. The maximum absolute atomic E-state index is 15.1. The summed E-state index contributed by atoms with van der Waals surface area (Å²) in [6.07, 6.45) is 3.20. The molecule has 0 unspecified atom stereocenters. The summed E-state index contributed by atoms with van der Waals surface area (Å²) in [5.41, 5.74) is 4.13. The first kappa shape index (κ1) is 41.7. The Hall–Kier alpha value is -6.07. The van der Waals surface area contributed by atoms with Crippen molar-refractivity contribution in [1.82, 2.24) is 29.9 Å². The molecule has 6 heterocycles. The van der Waals surface area contributed by atoms with Crippen LogP contribution >= 0.6 is 0 Å². The van der Waals surface area contributed by atoms with Crippen LogP contribution in [0.2, 0.25) is 0 Å². The molecule has 0 radical (unpaired) electrons. The summed E-state index contributed by atoms with van der Waals surface area (Å²) in [5.74, 6) is -3.55. The summed E-state index contributed by atoms with van der Waals surface area (Å²) in [6.45, 7) is 6.11. The van der Waals surface area contributed by atoms with E-state index in [2.05, 4.69) is 32.6 Å². The Balaban J connectivity index is 0.944. The van der Waals surface area contributed by atoms with Crippen molar-refractivity contribution in [3.05, 3.63) is 88.2 Å². The number of amides is 4. The number of rotatable bonds is 6. The second kappa shape index (κ2) is 17.1. The number of likely N-dealkylation sites (N-methyl/N-ethyl adjacent to an activating group) is 1. The smallest absolute Gasteiger partial charge is 0.280 e. The fraction of sp³-hybridized carbons (Fsp3) is 0.432. The van der Waals surface area contributed by atoms with Gasteiger partial charge in [-0.3, -0.25) is 29.5 Å².